The Balaban J connectivity index is 0.00000400. The van der Waals surface area contributed by atoms with Crippen molar-refractivity contribution < 1.29 is 54.1 Å². The maximum Gasteiger partial charge on any atom is 0.198 e. The summed E-state index contributed by atoms with van der Waals surface area (Å²) in [5, 5.41) is 54.8. The fourth-order valence-electron chi connectivity index (χ4n) is 6.46. The molecular formula is C34H36O11. The van der Waals surface area contributed by atoms with Crippen LogP contribution in [-0.4, -0.2) is 79.7 Å². The van der Waals surface area contributed by atoms with E-state index in [1.165, 1.54) is 12.1 Å². The number of rotatable bonds is 7. The summed E-state index contributed by atoms with van der Waals surface area (Å²) in [5.74, 6) is -3.66. The number of hydrogen-bond donors (Lipinski definition) is 5. The molecule has 0 bridgehead atoms. The number of carbonyl (C=O) groups is 3. The highest BCUT2D eigenvalue weighted by Crippen LogP contribution is 2.52. The summed E-state index contributed by atoms with van der Waals surface area (Å²) in [6, 6.07) is 15.4. The van der Waals surface area contributed by atoms with Crippen LogP contribution in [0.4, 0.5) is 0 Å². The minimum atomic E-state index is -2.25. The van der Waals surface area contributed by atoms with E-state index >= 15 is 0 Å². The zero-order valence-corrected chi connectivity index (χ0v) is 23.8. The summed E-state index contributed by atoms with van der Waals surface area (Å²) < 4.78 is 18.1. The molecule has 0 saturated carbocycles. The molecule has 0 amide bonds. The molecule has 0 radical (unpaired) electrons. The van der Waals surface area contributed by atoms with Crippen molar-refractivity contribution in [2.75, 3.05) is 6.61 Å². The van der Waals surface area contributed by atoms with Gasteiger partial charge >= 0.3 is 0 Å². The van der Waals surface area contributed by atoms with Crippen LogP contribution in [0.3, 0.4) is 0 Å². The van der Waals surface area contributed by atoms with Gasteiger partial charge in [0.05, 0.1) is 36.0 Å². The van der Waals surface area contributed by atoms with Gasteiger partial charge in [-0.05, 0) is 12.5 Å². The SMILES string of the molecule is C.CC1OC(O[C@@H]2C[C@](O)(C(=O)CO)Cc3c(O)c4c(c(O)c32)C(=O)c2ccccc2C4=O)CC(O)C1OCc1ccccc1. The summed E-state index contributed by atoms with van der Waals surface area (Å²) in [5.41, 5.74) is -2.37. The average Bonchev–Trinajstić information content (AvgIpc) is 3.01. The van der Waals surface area contributed by atoms with Gasteiger partial charge < -0.3 is 39.7 Å². The highest BCUT2D eigenvalue weighted by atomic mass is 16.7. The van der Waals surface area contributed by atoms with Crippen molar-refractivity contribution in [3.63, 3.8) is 0 Å². The number of aromatic hydroxyl groups is 2. The molecule has 5 N–H and O–H groups in total. The summed E-state index contributed by atoms with van der Waals surface area (Å²) in [7, 11) is 0. The minimum Gasteiger partial charge on any atom is -0.507 e. The summed E-state index contributed by atoms with van der Waals surface area (Å²) >= 11 is 0. The van der Waals surface area contributed by atoms with Gasteiger partial charge in [0.1, 0.15) is 29.8 Å². The Kier molecular flexibility index (Phi) is 8.96. The predicted octanol–water partition coefficient (Wildman–Crippen LogP) is 2.89. The molecule has 3 aromatic carbocycles. The van der Waals surface area contributed by atoms with Gasteiger partial charge in [-0.15, -0.1) is 0 Å². The number of ketones is 3. The van der Waals surface area contributed by atoms with Gasteiger partial charge in [-0.1, -0.05) is 62.0 Å². The maximum atomic E-state index is 13.5. The van der Waals surface area contributed by atoms with E-state index < -0.39 is 95.7 Å². The molecule has 6 rings (SSSR count). The van der Waals surface area contributed by atoms with Crippen LogP contribution >= 0.6 is 0 Å². The van der Waals surface area contributed by atoms with Gasteiger partial charge in [0, 0.05) is 41.5 Å². The number of phenols is 2. The van der Waals surface area contributed by atoms with Crippen molar-refractivity contribution in [3.8, 4) is 11.5 Å². The average molecular weight is 621 g/mol. The zero-order valence-electron chi connectivity index (χ0n) is 23.8. The number of carbonyl (C=O) groups excluding carboxylic acids is 3. The van der Waals surface area contributed by atoms with Crippen LogP contribution in [-0.2, 0) is 32.0 Å². The summed E-state index contributed by atoms with van der Waals surface area (Å²) in [6.45, 7) is 0.912. The summed E-state index contributed by atoms with van der Waals surface area (Å²) in [4.78, 5) is 39.7. The van der Waals surface area contributed by atoms with Crippen LogP contribution in [0.1, 0.15) is 81.8 Å². The monoisotopic (exact) mass is 620 g/mol. The van der Waals surface area contributed by atoms with E-state index in [0.717, 1.165) is 5.56 Å². The lowest BCUT2D eigenvalue weighted by Gasteiger charge is -2.42. The smallest absolute Gasteiger partial charge is 0.198 e. The van der Waals surface area contributed by atoms with Gasteiger partial charge in [0.2, 0.25) is 0 Å². The largest absolute Gasteiger partial charge is 0.507 e. The molecule has 0 aromatic heterocycles. The van der Waals surface area contributed by atoms with Crippen LogP contribution in [0.15, 0.2) is 54.6 Å². The lowest BCUT2D eigenvalue weighted by molar-refractivity contribution is -0.274. The summed E-state index contributed by atoms with van der Waals surface area (Å²) in [6.07, 6.45) is -5.96. The standard InChI is InChI=1S/C33H32O11.CH4/c1-16-32(42-15-17-7-3-2-4-8-17)21(35)11-24(43-16)44-22-13-33(41,23(36)14-34)12-20-25(22)31(40)27-26(30(20)39)28(37)18-9-5-6-10-19(18)29(27)38;/h2-10,16,21-22,24,32,34-35,39-41H,11-15H2,1H3;1H4/t16?,21?,22-,24?,32?,33+;/m1./s1. The Bertz CT molecular complexity index is 1620. The number of aliphatic hydroxyl groups is 3. The lowest BCUT2D eigenvalue weighted by Crippen LogP contribution is -2.51. The minimum absolute atomic E-state index is 0. The third-order valence-corrected chi connectivity index (χ3v) is 8.68. The molecule has 1 saturated heterocycles. The van der Waals surface area contributed by atoms with Crippen molar-refractivity contribution in [1.82, 2.24) is 0 Å². The molecule has 45 heavy (non-hydrogen) atoms. The first-order chi connectivity index (χ1) is 21.0. The Hall–Kier alpha value is -3.97. The van der Waals surface area contributed by atoms with E-state index in [-0.39, 0.29) is 42.7 Å². The number of phenolic OH excluding ortho intramolecular Hbond substituents is 2. The van der Waals surface area contributed by atoms with Gasteiger partial charge in [-0.3, -0.25) is 14.4 Å². The van der Waals surface area contributed by atoms with Crippen LogP contribution < -0.4 is 0 Å². The Morgan fingerprint density at radius 2 is 1.58 bits per heavy atom. The molecule has 4 unspecified atom stereocenters. The quantitative estimate of drug-likeness (QED) is 0.192. The molecule has 11 heteroatoms. The molecule has 6 atom stereocenters. The molecule has 238 valence electrons. The number of fused-ring (bicyclic) bond motifs is 3. The topological polar surface area (TPSA) is 180 Å². The maximum absolute atomic E-state index is 13.5. The lowest BCUT2D eigenvalue weighted by atomic mass is 9.72. The fraction of sp³-hybridized carbons (Fsp3) is 0.382. The Labute approximate surface area is 259 Å². The van der Waals surface area contributed by atoms with Crippen molar-refractivity contribution >= 4 is 17.3 Å². The van der Waals surface area contributed by atoms with Crippen LogP contribution in [0, 0.1) is 0 Å². The predicted molar refractivity (Wildman–Crippen MR) is 159 cm³/mol. The molecule has 1 aliphatic heterocycles. The first kappa shape index (κ1) is 32.4. The van der Waals surface area contributed by atoms with Crippen molar-refractivity contribution in [3.05, 3.63) is 93.5 Å². The molecule has 3 aromatic rings. The van der Waals surface area contributed by atoms with E-state index in [1.54, 1.807) is 19.1 Å². The third kappa shape index (κ3) is 5.56. The van der Waals surface area contributed by atoms with Crippen LogP contribution in [0.25, 0.3) is 0 Å². The molecular weight excluding hydrogens is 584 g/mol. The van der Waals surface area contributed by atoms with Gasteiger partial charge in [-0.25, -0.2) is 0 Å². The molecule has 1 fully saturated rings. The number of Topliss-reactive ketones (excluding diaryl/α,β-unsaturated/α-hetero) is 1. The van der Waals surface area contributed by atoms with E-state index in [9.17, 15) is 39.9 Å². The van der Waals surface area contributed by atoms with E-state index in [1.807, 2.05) is 30.3 Å². The molecule has 3 aliphatic rings. The van der Waals surface area contributed by atoms with E-state index in [0.29, 0.717) is 0 Å². The van der Waals surface area contributed by atoms with Crippen molar-refractivity contribution in [1.29, 1.82) is 0 Å². The first-order valence-corrected chi connectivity index (χ1v) is 14.3. The molecule has 2 aliphatic carbocycles. The highest BCUT2D eigenvalue weighted by molar-refractivity contribution is 6.30. The van der Waals surface area contributed by atoms with Crippen LogP contribution in [0.2, 0.25) is 0 Å². The van der Waals surface area contributed by atoms with Gasteiger partial charge in [0.25, 0.3) is 0 Å². The second kappa shape index (κ2) is 12.4. The van der Waals surface area contributed by atoms with Gasteiger partial charge in [-0.2, -0.15) is 0 Å². The molecule has 11 nitrogen and oxygen atoms in total. The van der Waals surface area contributed by atoms with Crippen molar-refractivity contribution in [2.24, 2.45) is 0 Å². The fourth-order valence-corrected chi connectivity index (χ4v) is 6.46. The molecule has 1 heterocycles. The van der Waals surface area contributed by atoms with E-state index in [4.69, 9.17) is 14.2 Å². The Morgan fingerprint density at radius 1 is 0.978 bits per heavy atom. The zero-order chi connectivity index (χ0) is 31.3. The number of hydrogen-bond acceptors (Lipinski definition) is 11. The second-order valence-electron chi connectivity index (χ2n) is 11.5. The molecule has 0 spiro atoms. The number of ether oxygens (including phenoxy) is 3. The van der Waals surface area contributed by atoms with Crippen molar-refractivity contribution in [2.45, 2.75) is 76.5 Å². The van der Waals surface area contributed by atoms with E-state index in [2.05, 4.69) is 0 Å². The number of benzene rings is 3. The van der Waals surface area contributed by atoms with Gasteiger partial charge in [0.15, 0.2) is 23.6 Å². The Morgan fingerprint density at radius 3 is 2.18 bits per heavy atom. The number of aliphatic hydroxyl groups excluding tert-OH is 2. The van der Waals surface area contributed by atoms with Crippen LogP contribution in [0.5, 0.6) is 11.5 Å². The normalized spacial score (nSPS) is 27.2. The third-order valence-electron chi connectivity index (χ3n) is 8.68. The second-order valence-corrected chi connectivity index (χ2v) is 11.5. The highest BCUT2D eigenvalue weighted by Gasteiger charge is 2.50. The first-order valence-electron chi connectivity index (χ1n) is 14.3.